The second-order valence-corrected chi connectivity index (χ2v) is 4.86. The first-order valence-corrected chi connectivity index (χ1v) is 6.36. The molecule has 1 aromatic rings. The first kappa shape index (κ1) is 12.4. The minimum Gasteiger partial charge on any atom is -0.497 e. The summed E-state index contributed by atoms with van der Waals surface area (Å²) >= 11 is 0. The van der Waals surface area contributed by atoms with Gasteiger partial charge in [-0.3, -0.25) is 0 Å². The predicted molar refractivity (Wildman–Crippen MR) is 70.2 cm³/mol. The summed E-state index contributed by atoms with van der Waals surface area (Å²) in [5.74, 6) is 0.901. The molecule has 94 valence electrons. The van der Waals surface area contributed by atoms with Crippen LogP contribution in [0.2, 0.25) is 0 Å². The Morgan fingerprint density at radius 3 is 2.53 bits per heavy atom. The van der Waals surface area contributed by atoms with Gasteiger partial charge in [-0.1, -0.05) is 18.6 Å². The Morgan fingerprint density at radius 2 is 2.00 bits per heavy atom. The average Bonchev–Trinajstić information content (AvgIpc) is 2.75. The van der Waals surface area contributed by atoms with Gasteiger partial charge in [0.1, 0.15) is 5.75 Å². The molecule has 1 aliphatic carbocycles. The molecule has 17 heavy (non-hydrogen) atoms. The van der Waals surface area contributed by atoms with E-state index in [-0.39, 0.29) is 0 Å². The van der Waals surface area contributed by atoms with Gasteiger partial charge in [0.25, 0.3) is 0 Å². The van der Waals surface area contributed by atoms with E-state index < -0.39 is 0 Å². The summed E-state index contributed by atoms with van der Waals surface area (Å²) in [6.07, 6.45) is 3.59. The summed E-state index contributed by atoms with van der Waals surface area (Å²) < 4.78 is 5.16. The van der Waals surface area contributed by atoms with Crippen LogP contribution >= 0.6 is 0 Å². The summed E-state index contributed by atoms with van der Waals surface area (Å²) in [6, 6.07) is 9.34. The fourth-order valence-electron chi connectivity index (χ4n) is 2.51. The van der Waals surface area contributed by atoms with Crippen molar-refractivity contribution in [1.29, 1.82) is 0 Å². The quantitative estimate of drug-likeness (QED) is 0.840. The van der Waals surface area contributed by atoms with Gasteiger partial charge in [0.15, 0.2) is 0 Å². The zero-order valence-electron chi connectivity index (χ0n) is 10.6. The van der Waals surface area contributed by atoms with Crippen molar-refractivity contribution < 1.29 is 4.74 Å². The molecular formula is C14H22N2O. The number of nitrogens with two attached hydrogens (primary N) is 1. The van der Waals surface area contributed by atoms with E-state index in [9.17, 15) is 0 Å². The van der Waals surface area contributed by atoms with Gasteiger partial charge in [0.2, 0.25) is 0 Å². The molecule has 0 amide bonds. The maximum Gasteiger partial charge on any atom is 0.118 e. The number of hydrogen-bond donors (Lipinski definition) is 2. The average molecular weight is 234 g/mol. The van der Waals surface area contributed by atoms with Gasteiger partial charge in [-0.25, -0.2) is 0 Å². The van der Waals surface area contributed by atoms with Gasteiger partial charge in [0, 0.05) is 18.1 Å². The van der Waals surface area contributed by atoms with Crippen LogP contribution in [0.3, 0.4) is 0 Å². The van der Waals surface area contributed by atoms with E-state index in [1.54, 1.807) is 7.11 Å². The van der Waals surface area contributed by atoms with Crippen molar-refractivity contribution in [3.8, 4) is 5.75 Å². The Bertz CT molecular complexity index is 350. The molecule has 0 bridgehead atoms. The molecule has 0 unspecified atom stereocenters. The molecule has 0 saturated heterocycles. The Hall–Kier alpha value is -1.06. The highest BCUT2D eigenvalue weighted by molar-refractivity contribution is 5.28. The normalized spacial score (nSPS) is 25.8. The van der Waals surface area contributed by atoms with E-state index in [4.69, 9.17) is 10.5 Å². The molecule has 3 nitrogen and oxygen atoms in total. The van der Waals surface area contributed by atoms with E-state index in [0.717, 1.165) is 12.2 Å². The molecule has 3 atom stereocenters. The number of ether oxygens (including phenoxy) is 1. The molecule has 1 saturated carbocycles. The second-order valence-electron chi connectivity index (χ2n) is 4.86. The lowest BCUT2D eigenvalue weighted by atomic mass is 10.1. The van der Waals surface area contributed by atoms with E-state index in [1.807, 2.05) is 12.1 Å². The number of benzene rings is 1. The van der Waals surface area contributed by atoms with Crippen LogP contribution in [0.4, 0.5) is 0 Å². The summed E-state index contributed by atoms with van der Waals surface area (Å²) in [5.41, 5.74) is 7.35. The van der Waals surface area contributed by atoms with Crippen LogP contribution in [0.5, 0.6) is 5.75 Å². The molecule has 0 aliphatic heterocycles. The first-order chi connectivity index (χ1) is 8.20. The molecule has 0 heterocycles. The zero-order valence-corrected chi connectivity index (χ0v) is 10.6. The molecule has 0 spiro atoms. The molecule has 0 aromatic heterocycles. The molecule has 3 N–H and O–H groups in total. The monoisotopic (exact) mass is 234 g/mol. The van der Waals surface area contributed by atoms with Gasteiger partial charge in [-0.15, -0.1) is 0 Å². The van der Waals surface area contributed by atoms with Crippen LogP contribution in [-0.4, -0.2) is 19.2 Å². The smallest absolute Gasteiger partial charge is 0.118 e. The van der Waals surface area contributed by atoms with E-state index in [1.165, 1.54) is 18.4 Å². The number of hydrogen-bond acceptors (Lipinski definition) is 3. The van der Waals surface area contributed by atoms with Crippen molar-refractivity contribution in [1.82, 2.24) is 5.32 Å². The molecule has 2 rings (SSSR count). The molecular weight excluding hydrogens is 212 g/mol. The SMILES string of the molecule is COc1ccc([C@@H](C)N[C@H]2CCC[C@@H]2N)cc1. The Morgan fingerprint density at radius 1 is 1.29 bits per heavy atom. The van der Waals surface area contributed by atoms with Crippen molar-refractivity contribution in [3.05, 3.63) is 29.8 Å². The molecule has 3 heteroatoms. The summed E-state index contributed by atoms with van der Waals surface area (Å²) in [7, 11) is 1.69. The third kappa shape index (κ3) is 2.99. The van der Waals surface area contributed by atoms with Crippen LogP contribution in [0, 0.1) is 0 Å². The minimum absolute atomic E-state index is 0.315. The maximum atomic E-state index is 6.07. The van der Waals surface area contributed by atoms with E-state index >= 15 is 0 Å². The van der Waals surface area contributed by atoms with Gasteiger partial charge in [-0.05, 0) is 37.5 Å². The van der Waals surface area contributed by atoms with Gasteiger partial charge < -0.3 is 15.8 Å². The minimum atomic E-state index is 0.315. The lowest BCUT2D eigenvalue weighted by Crippen LogP contribution is -2.41. The highest BCUT2D eigenvalue weighted by atomic mass is 16.5. The van der Waals surface area contributed by atoms with E-state index in [0.29, 0.717) is 18.1 Å². The lowest BCUT2D eigenvalue weighted by molar-refractivity contribution is 0.412. The summed E-state index contributed by atoms with van der Waals surface area (Å²) in [5, 5.41) is 3.62. The Labute approximate surface area is 103 Å². The third-order valence-corrected chi connectivity index (χ3v) is 3.65. The van der Waals surface area contributed by atoms with Crippen LogP contribution in [0.25, 0.3) is 0 Å². The third-order valence-electron chi connectivity index (χ3n) is 3.65. The second kappa shape index (κ2) is 5.52. The predicted octanol–water partition coefficient (Wildman–Crippen LogP) is 2.23. The molecule has 1 aromatic carbocycles. The summed E-state index contributed by atoms with van der Waals surface area (Å²) in [4.78, 5) is 0. The molecule has 0 radical (unpaired) electrons. The van der Waals surface area contributed by atoms with Gasteiger partial charge in [-0.2, -0.15) is 0 Å². The van der Waals surface area contributed by atoms with E-state index in [2.05, 4.69) is 24.4 Å². The van der Waals surface area contributed by atoms with Crippen molar-refractivity contribution in [2.45, 2.75) is 44.3 Å². The fourth-order valence-corrected chi connectivity index (χ4v) is 2.51. The van der Waals surface area contributed by atoms with Crippen LogP contribution in [0.1, 0.15) is 37.8 Å². The fraction of sp³-hybridized carbons (Fsp3) is 0.571. The van der Waals surface area contributed by atoms with Crippen molar-refractivity contribution in [3.63, 3.8) is 0 Å². The molecule has 1 aliphatic rings. The Kier molecular flexibility index (Phi) is 4.02. The number of nitrogens with one attached hydrogen (secondary N) is 1. The highest BCUT2D eigenvalue weighted by Crippen LogP contribution is 2.22. The topological polar surface area (TPSA) is 47.3 Å². The summed E-state index contributed by atoms with van der Waals surface area (Å²) in [6.45, 7) is 2.19. The lowest BCUT2D eigenvalue weighted by Gasteiger charge is -2.23. The highest BCUT2D eigenvalue weighted by Gasteiger charge is 2.25. The van der Waals surface area contributed by atoms with Gasteiger partial charge >= 0.3 is 0 Å². The van der Waals surface area contributed by atoms with Crippen molar-refractivity contribution in [2.75, 3.05) is 7.11 Å². The van der Waals surface area contributed by atoms with Crippen LogP contribution in [0.15, 0.2) is 24.3 Å². The molecule has 1 fully saturated rings. The number of rotatable bonds is 4. The maximum absolute atomic E-state index is 6.07. The zero-order chi connectivity index (χ0) is 12.3. The van der Waals surface area contributed by atoms with Crippen molar-refractivity contribution >= 4 is 0 Å². The van der Waals surface area contributed by atoms with Crippen LogP contribution in [-0.2, 0) is 0 Å². The Balaban J connectivity index is 1.96. The van der Waals surface area contributed by atoms with Gasteiger partial charge in [0.05, 0.1) is 7.11 Å². The van der Waals surface area contributed by atoms with Crippen LogP contribution < -0.4 is 15.8 Å². The number of methoxy groups -OCH3 is 1. The standard InChI is InChI=1S/C14H22N2O/c1-10(16-14-5-3-4-13(14)15)11-6-8-12(17-2)9-7-11/h6-10,13-14,16H,3-5,15H2,1-2H3/t10-,13+,14+/m1/s1. The largest absolute Gasteiger partial charge is 0.497 e. The first-order valence-electron chi connectivity index (χ1n) is 6.36. The van der Waals surface area contributed by atoms with Crippen molar-refractivity contribution in [2.24, 2.45) is 5.73 Å².